The molecule has 0 aliphatic carbocycles. The summed E-state index contributed by atoms with van der Waals surface area (Å²) >= 11 is 0. The SMILES string of the molecule is CCc1nccn1C1CCCN(C(=O)NC2CCOC2(C)C)C1. The first-order valence-electron chi connectivity index (χ1n) is 8.72. The van der Waals surface area contributed by atoms with Crippen molar-refractivity contribution in [3.05, 3.63) is 18.2 Å². The van der Waals surface area contributed by atoms with Gasteiger partial charge in [0.05, 0.1) is 17.7 Å². The molecule has 1 aromatic heterocycles. The first kappa shape index (κ1) is 16.3. The summed E-state index contributed by atoms with van der Waals surface area (Å²) in [6, 6.07) is 0.464. The second-order valence-electron chi connectivity index (χ2n) is 7.09. The molecule has 3 heterocycles. The van der Waals surface area contributed by atoms with Crippen molar-refractivity contribution in [2.24, 2.45) is 0 Å². The predicted molar refractivity (Wildman–Crippen MR) is 88.4 cm³/mol. The van der Waals surface area contributed by atoms with Crippen LogP contribution < -0.4 is 5.32 Å². The number of amides is 2. The standard InChI is InChI=1S/C17H28N4O2/c1-4-15-18-8-10-21(15)13-6-5-9-20(12-13)16(22)19-14-7-11-23-17(14,2)3/h8,10,13-14H,4-7,9,11-12H2,1-3H3,(H,19,22). The van der Waals surface area contributed by atoms with Gasteiger partial charge < -0.3 is 19.5 Å². The van der Waals surface area contributed by atoms with Gasteiger partial charge in [-0.3, -0.25) is 0 Å². The highest BCUT2D eigenvalue weighted by Gasteiger charge is 2.38. The molecule has 2 fully saturated rings. The lowest BCUT2D eigenvalue weighted by Crippen LogP contribution is -2.53. The molecule has 3 rings (SSSR count). The molecule has 2 saturated heterocycles. The molecule has 23 heavy (non-hydrogen) atoms. The van der Waals surface area contributed by atoms with Gasteiger partial charge in [0, 0.05) is 38.5 Å². The minimum atomic E-state index is -0.273. The lowest BCUT2D eigenvalue weighted by molar-refractivity contribution is 0.0222. The number of carbonyl (C=O) groups excluding carboxylic acids is 1. The van der Waals surface area contributed by atoms with E-state index in [1.807, 2.05) is 31.1 Å². The number of hydrogen-bond donors (Lipinski definition) is 1. The average Bonchev–Trinajstić information content (AvgIpc) is 3.14. The number of rotatable bonds is 3. The number of urea groups is 1. The van der Waals surface area contributed by atoms with Crippen molar-refractivity contribution in [2.75, 3.05) is 19.7 Å². The molecule has 6 heteroatoms. The van der Waals surface area contributed by atoms with Gasteiger partial charge in [0.25, 0.3) is 0 Å². The predicted octanol–water partition coefficient (Wildman–Crippen LogP) is 2.36. The molecular formula is C17H28N4O2. The zero-order valence-electron chi connectivity index (χ0n) is 14.4. The number of nitrogens with zero attached hydrogens (tertiary/aromatic N) is 3. The summed E-state index contributed by atoms with van der Waals surface area (Å²) in [7, 11) is 0. The van der Waals surface area contributed by atoms with Gasteiger partial charge in [0.1, 0.15) is 5.82 Å². The van der Waals surface area contributed by atoms with Gasteiger partial charge in [-0.25, -0.2) is 9.78 Å². The van der Waals surface area contributed by atoms with Crippen LogP contribution in [-0.4, -0.2) is 51.8 Å². The minimum Gasteiger partial charge on any atom is -0.373 e. The molecule has 0 bridgehead atoms. The van der Waals surface area contributed by atoms with E-state index in [0.717, 1.165) is 51.2 Å². The van der Waals surface area contributed by atoms with E-state index in [1.54, 1.807) is 0 Å². The van der Waals surface area contributed by atoms with E-state index >= 15 is 0 Å². The summed E-state index contributed by atoms with van der Waals surface area (Å²) in [4.78, 5) is 19.0. The minimum absolute atomic E-state index is 0.0384. The normalized spacial score (nSPS) is 27.2. The van der Waals surface area contributed by atoms with E-state index in [4.69, 9.17) is 4.74 Å². The Hall–Kier alpha value is -1.56. The first-order valence-corrected chi connectivity index (χ1v) is 8.72. The molecule has 1 N–H and O–H groups in total. The van der Waals surface area contributed by atoms with Crippen molar-refractivity contribution in [2.45, 2.75) is 64.1 Å². The molecule has 0 aromatic carbocycles. The Morgan fingerprint density at radius 3 is 3.00 bits per heavy atom. The van der Waals surface area contributed by atoms with Gasteiger partial charge >= 0.3 is 6.03 Å². The Labute approximate surface area is 138 Å². The van der Waals surface area contributed by atoms with Crippen LogP contribution in [-0.2, 0) is 11.2 Å². The first-order chi connectivity index (χ1) is 11.0. The van der Waals surface area contributed by atoms with Crippen LogP contribution in [0.4, 0.5) is 4.79 Å². The number of likely N-dealkylation sites (tertiary alicyclic amines) is 1. The van der Waals surface area contributed by atoms with Crippen molar-refractivity contribution in [1.29, 1.82) is 0 Å². The molecule has 2 atom stereocenters. The topological polar surface area (TPSA) is 59.4 Å². The van der Waals surface area contributed by atoms with E-state index in [-0.39, 0.29) is 17.7 Å². The summed E-state index contributed by atoms with van der Waals surface area (Å²) in [6.45, 7) is 8.51. The lowest BCUT2D eigenvalue weighted by Gasteiger charge is -2.36. The highest BCUT2D eigenvalue weighted by molar-refractivity contribution is 5.74. The fraction of sp³-hybridized carbons (Fsp3) is 0.765. The number of piperidine rings is 1. The summed E-state index contributed by atoms with van der Waals surface area (Å²) in [5.41, 5.74) is -0.273. The Bertz CT molecular complexity index is 555. The Morgan fingerprint density at radius 2 is 2.30 bits per heavy atom. The van der Waals surface area contributed by atoms with E-state index in [1.165, 1.54) is 0 Å². The molecule has 6 nitrogen and oxygen atoms in total. The van der Waals surface area contributed by atoms with Crippen molar-refractivity contribution in [3.8, 4) is 0 Å². The highest BCUT2D eigenvalue weighted by Crippen LogP contribution is 2.26. The van der Waals surface area contributed by atoms with Gasteiger partial charge in [-0.2, -0.15) is 0 Å². The molecule has 2 aliphatic rings. The average molecular weight is 320 g/mol. The van der Waals surface area contributed by atoms with Crippen LogP contribution in [0.15, 0.2) is 12.4 Å². The highest BCUT2D eigenvalue weighted by atomic mass is 16.5. The van der Waals surface area contributed by atoms with E-state index in [0.29, 0.717) is 6.04 Å². The Morgan fingerprint density at radius 1 is 1.48 bits per heavy atom. The van der Waals surface area contributed by atoms with Gasteiger partial charge in [0.2, 0.25) is 0 Å². The van der Waals surface area contributed by atoms with Crippen LogP contribution in [0.1, 0.15) is 51.9 Å². The van der Waals surface area contributed by atoms with Crippen LogP contribution >= 0.6 is 0 Å². The van der Waals surface area contributed by atoms with Gasteiger partial charge in [-0.05, 0) is 33.1 Å². The smallest absolute Gasteiger partial charge is 0.317 e. The number of aromatic nitrogens is 2. The summed E-state index contributed by atoms with van der Waals surface area (Å²) in [5, 5.41) is 3.17. The summed E-state index contributed by atoms with van der Waals surface area (Å²) in [5.74, 6) is 1.10. The maximum atomic E-state index is 12.6. The number of ether oxygens (including phenoxy) is 1. The molecule has 2 unspecified atom stereocenters. The second-order valence-corrected chi connectivity index (χ2v) is 7.09. The van der Waals surface area contributed by atoms with E-state index in [2.05, 4.69) is 21.8 Å². The van der Waals surface area contributed by atoms with Gasteiger partial charge in [-0.15, -0.1) is 0 Å². The van der Waals surface area contributed by atoms with Gasteiger partial charge in [-0.1, -0.05) is 6.92 Å². The number of imidazole rings is 1. The zero-order valence-corrected chi connectivity index (χ0v) is 14.4. The molecule has 1 aromatic rings. The van der Waals surface area contributed by atoms with Crippen molar-refractivity contribution in [1.82, 2.24) is 19.8 Å². The van der Waals surface area contributed by atoms with Crippen LogP contribution in [0.3, 0.4) is 0 Å². The molecule has 0 radical (unpaired) electrons. The third-order valence-corrected chi connectivity index (χ3v) is 5.16. The number of aryl methyl sites for hydroxylation is 1. The maximum absolute atomic E-state index is 12.6. The third kappa shape index (κ3) is 3.37. The summed E-state index contributed by atoms with van der Waals surface area (Å²) < 4.78 is 7.94. The largest absolute Gasteiger partial charge is 0.373 e. The molecule has 2 aliphatic heterocycles. The molecular weight excluding hydrogens is 292 g/mol. The second kappa shape index (κ2) is 6.51. The van der Waals surface area contributed by atoms with Crippen LogP contribution in [0.2, 0.25) is 0 Å². The zero-order chi connectivity index (χ0) is 16.4. The Balaban J connectivity index is 1.63. The fourth-order valence-electron chi connectivity index (χ4n) is 3.69. The monoisotopic (exact) mass is 320 g/mol. The Kier molecular flexibility index (Phi) is 4.62. The summed E-state index contributed by atoms with van der Waals surface area (Å²) in [6.07, 6.45) is 7.84. The van der Waals surface area contributed by atoms with Crippen LogP contribution in [0.25, 0.3) is 0 Å². The number of carbonyl (C=O) groups is 1. The lowest BCUT2D eigenvalue weighted by atomic mass is 9.99. The number of nitrogens with one attached hydrogen (secondary N) is 1. The number of hydrogen-bond acceptors (Lipinski definition) is 3. The maximum Gasteiger partial charge on any atom is 0.317 e. The van der Waals surface area contributed by atoms with Crippen LogP contribution in [0.5, 0.6) is 0 Å². The molecule has 0 spiro atoms. The molecule has 2 amide bonds. The van der Waals surface area contributed by atoms with E-state index < -0.39 is 0 Å². The third-order valence-electron chi connectivity index (χ3n) is 5.16. The fourth-order valence-corrected chi connectivity index (χ4v) is 3.69. The molecule has 0 saturated carbocycles. The van der Waals surface area contributed by atoms with Crippen molar-refractivity contribution >= 4 is 6.03 Å². The quantitative estimate of drug-likeness (QED) is 0.930. The van der Waals surface area contributed by atoms with Crippen LogP contribution in [0, 0.1) is 0 Å². The van der Waals surface area contributed by atoms with Crippen molar-refractivity contribution < 1.29 is 9.53 Å². The van der Waals surface area contributed by atoms with Gasteiger partial charge in [0.15, 0.2) is 0 Å². The molecule has 128 valence electrons. The van der Waals surface area contributed by atoms with E-state index in [9.17, 15) is 4.79 Å². The van der Waals surface area contributed by atoms with Crippen molar-refractivity contribution in [3.63, 3.8) is 0 Å².